The van der Waals surface area contributed by atoms with Crippen LogP contribution in [0.25, 0.3) is 10.9 Å². The van der Waals surface area contributed by atoms with Crippen LogP contribution in [0.4, 0.5) is 4.39 Å². The van der Waals surface area contributed by atoms with E-state index >= 15 is 0 Å². The number of hydrogen-bond donors (Lipinski definition) is 1. The van der Waals surface area contributed by atoms with Gasteiger partial charge in [0, 0.05) is 30.1 Å². The Morgan fingerprint density at radius 3 is 2.80 bits per heavy atom. The molecule has 0 saturated carbocycles. The molecule has 0 radical (unpaired) electrons. The molecule has 2 rings (SSSR count). The molecule has 0 saturated heterocycles. The number of amides is 1. The maximum absolute atomic E-state index is 13.2. The lowest BCUT2D eigenvalue weighted by molar-refractivity contribution is -0.121. The summed E-state index contributed by atoms with van der Waals surface area (Å²) in [6.45, 7) is 4.80. The average molecular weight is 274 g/mol. The number of aryl methyl sites for hydroxylation is 1. The Morgan fingerprint density at radius 2 is 2.05 bits per heavy atom. The lowest BCUT2D eigenvalue weighted by Crippen LogP contribution is -2.27. The fourth-order valence-electron chi connectivity index (χ4n) is 1.92. The highest BCUT2D eigenvalue weighted by Crippen LogP contribution is 2.14. The number of rotatable bonds is 5. The van der Waals surface area contributed by atoms with Gasteiger partial charge in [0.2, 0.25) is 5.91 Å². The van der Waals surface area contributed by atoms with Crippen molar-refractivity contribution in [2.75, 3.05) is 6.54 Å². The summed E-state index contributed by atoms with van der Waals surface area (Å²) in [5.41, 5.74) is 1.44. The van der Waals surface area contributed by atoms with Crippen LogP contribution in [0.2, 0.25) is 0 Å². The first-order chi connectivity index (χ1) is 9.54. The van der Waals surface area contributed by atoms with Crippen molar-refractivity contribution in [3.63, 3.8) is 0 Å². The molecule has 1 heterocycles. The van der Waals surface area contributed by atoms with Crippen molar-refractivity contribution >= 4 is 16.8 Å². The van der Waals surface area contributed by atoms with Crippen LogP contribution in [-0.4, -0.2) is 17.4 Å². The smallest absolute Gasteiger partial charge is 0.220 e. The first-order valence-electron chi connectivity index (χ1n) is 6.86. The highest BCUT2D eigenvalue weighted by Gasteiger charge is 2.05. The van der Waals surface area contributed by atoms with Gasteiger partial charge < -0.3 is 5.32 Å². The van der Waals surface area contributed by atoms with E-state index in [9.17, 15) is 9.18 Å². The zero-order chi connectivity index (χ0) is 14.5. The van der Waals surface area contributed by atoms with E-state index in [1.807, 2.05) is 12.1 Å². The molecule has 0 aliphatic rings. The SMILES string of the molecule is CC(C)CNC(=O)CCc1ccc2ccc(F)cc2n1. The van der Waals surface area contributed by atoms with Crippen LogP contribution in [0.5, 0.6) is 0 Å². The van der Waals surface area contributed by atoms with E-state index in [1.165, 1.54) is 12.1 Å². The molecule has 2 aromatic rings. The summed E-state index contributed by atoms with van der Waals surface area (Å²) in [6, 6.07) is 8.33. The molecule has 0 atom stereocenters. The number of benzene rings is 1. The molecule has 1 amide bonds. The molecule has 1 N–H and O–H groups in total. The summed E-state index contributed by atoms with van der Waals surface area (Å²) in [6.07, 6.45) is 0.969. The number of carbonyl (C=O) groups excluding carboxylic acids is 1. The van der Waals surface area contributed by atoms with Crippen LogP contribution in [-0.2, 0) is 11.2 Å². The van der Waals surface area contributed by atoms with Crippen molar-refractivity contribution in [1.82, 2.24) is 10.3 Å². The van der Waals surface area contributed by atoms with Gasteiger partial charge in [0.25, 0.3) is 0 Å². The fraction of sp³-hybridized carbons (Fsp3) is 0.375. The summed E-state index contributed by atoms with van der Waals surface area (Å²) in [7, 11) is 0. The predicted molar refractivity (Wildman–Crippen MR) is 77.9 cm³/mol. The van der Waals surface area contributed by atoms with Gasteiger partial charge in [-0.15, -0.1) is 0 Å². The Kier molecular flexibility index (Phi) is 4.66. The minimum atomic E-state index is -0.295. The molecular formula is C16H19FN2O. The summed E-state index contributed by atoms with van der Waals surface area (Å²) in [5, 5.41) is 3.77. The highest BCUT2D eigenvalue weighted by molar-refractivity contribution is 5.79. The van der Waals surface area contributed by atoms with Crippen LogP contribution in [0.15, 0.2) is 30.3 Å². The maximum Gasteiger partial charge on any atom is 0.220 e. The van der Waals surface area contributed by atoms with E-state index in [0.717, 1.165) is 11.1 Å². The van der Waals surface area contributed by atoms with Crippen LogP contribution in [0.3, 0.4) is 0 Å². The third-order valence-electron chi connectivity index (χ3n) is 3.03. The minimum Gasteiger partial charge on any atom is -0.356 e. The molecule has 0 aliphatic carbocycles. The molecule has 0 unspecified atom stereocenters. The summed E-state index contributed by atoms with van der Waals surface area (Å²) in [4.78, 5) is 16.0. The topological polar surface area (TPSA) is 42.0 Å². The van der Waals surface area contributed by atoms with Crippen molar-refractivity contribution in [2.24, 2.45) is 5.92 Å². The van der Waals surface area contributed by atoms with Gasteiger partial charge in [-0.2, -0.15) is 0 Å². The van der Waals surface area contributed by atoms with E-state index in [-0.39, 0.29) is 11.7 Å². The number of aromatic nitrogens is 1. The van der Waals surface area contributed by atoms with Gasteiger partial charge in [0.05, 0.1) is 5.52 Å². The second kappa shape index (κ2) is 6.46. The van der Waals surface area contributed by atoms with E-state index < -0.39 is 0 Å². The van der Waals surface area contributed by atoms with Gasteiger partial charge in [0.15, 0.2) is 0 Å². The maximum atomic E-state index is 13.2. The molecule has 1 aromatic heterocycles. The van der Waals surface area contributed by atoms with Crippen molar-refractivity contribution in [3.8, 4) is 0 Å². The van der Waals surface area contributed by atoms with Crippen molar-refractivity contribution < 1.29 is 9.18 Å². The van der Waals surface area contributed by atoms with E-state index in [2.05, 4.69) is 24.1 Å². The molecule has 0 bridgehead atoms. The number of fused-ring (bicyclic) bond motifs is 1. The second-order valence-electron chi connectivity index (χ2n) is 5.34. The number of pyridine rings is 1. The Morgan fingerprint density at radius 1 is 1.30 bits per heavy atom. The highest BCUT2D eigenvalue weighted by atomic mass is 19.1. The first kappa shape index (κ1) is 14.4. The summed E-state index contributed by atoms with van der Waals surface area (Å²) in [5.74, 6) is 0.178. The first-order valence-corrected chi connectivity index (χ1v) is 6.86. The van der Waals surface area contributed by atoms with E-state index in [1.54, 1.807) is 6.07 Å². The third kappa shape index (κ3) is 4.02. The molecule has 4 heteroatoms. The van der Waals surface area contributed by atoms with Crippen LogP contribution >= 0.6 is 0 Å². The molecule has 0 fully saturated rings. The monoisotopic (exact) mass is 274 g/mol. The number of nitrogens with one attached hydrogen (secondary N) is 1. The second-order valence-corrected chi connectivity index (χ2v) is 5.34. The summed E-state index contributed by atoms with van der Waals surface area (Å²) >= 11 is 0. The zero-order valence-electron chi connectivity index (χ0n) is 11.8. The Labute approximate surface area is 118 Å². The van der Waals surface area contributed by atoms with Crippen molar-refractivity contribution in [3.05, 3.63) is 41.8 Å². The molecule has 0 spiro atoms. The van der Waals surface area contributed by atoms with Crippen LogP contribution in [0, 0.1) is 11.7 Å². The molecule has 0 aliphatic heterocycles. The number of halogens is 1. The van der Waals surface area contributed by atoms with Gasteiger partial charge in [-0.05, 0) is 30.5 Å². The lowest BCUT2D eigenvalue weighted by Gasteiger charge is -2.07. The largest absolute Gasteiger partial charge is 0.356 e. The van der Waals surface area contributed by atoms with Crippen molar-refractivity contribution in [1.29, 1.82) is 0 Å². The zero-order valence-corrected chi connectivity index (χ0v) is 11.8. The van der Waals surface area contributed by atoms with E-state index in [4.69, 9.17) is 0 Å². The third-order valence-corrected chi connectivity index (χ3v) is 3.03. The summed E-state index contributed by atoms with van der Waals surface area (Å²) < 4.78 is 13.2. The normalized spacial score (nSPS) is 11.0. The number of hydrogen-bond acceptors (Lipinski definition) is 2. The Bertz CT molecular complexity index is 610. The predicted octanol–water partition coefficient (Wildman–Crippen LogP) is 3.08. The Balaban J connectivity index is 1.98. The van der Waals surface area contributed by atoms with Gasteiger partial charge >= 0.3 is 0 Å². The number of nitrogens with zero attached hydrogens (tertiary/aromatic N) is 1. The molecule has 1 aromatic carbocycles. The average Bonchev–Trinajstić information content (AvgIpc) is 2.42. The standard InChI is InChI=1S/C16H19FN2O/c1-11(2)10-18-16(20)8-7-14-6-4-12-3-5-13(17)9-15(12)19-14/h3-6,9,11H,7-8,10H2,1-2H3,(H,18,20). The van der Waals surface area contributed by atoms with Gasteiger partial charge in [-0.1, -0.05) is 19.9 Å². The molecule has 106 valence electrons. The van der Waals surface area contributed by atoms with Gasteiger partial charge in [0.1, 0.15) is 5.82 Å². The fourth-order valence-corrected chi connectivity index (χ4v) is 1.92. The lowest BCUT2D eigenvalue weighted by atomic mass is 10.1. The number of carbonyl (C=O) groups is 1. The Hall–Kier alpha value is -1.97. The van der Waals surface area contributed by atoms with Gasteiger partial charge in [-0.3, -0.25) is 9.78 Å². The minimum absolute atomic E-state index is 0.0276. The molecular weight excluding hydrogens is 255 g/mol. The quantitative estimate of drug-likeness (QED) is 0.910. The van der Waals surface area contributed by atoms with Crippen LogP contribution in [0.1, 0.15) is 26.0 Å². The van der Waals surface area contributed by atoms with Gasteiger partial charge in [-0.25, -0.2) is 4.39 Å². The molecule has 3 nitrogen and oxygen atoms in total. The van der Waals surface area contributed by atoms with E-state index in [0.29, 0.717) is 30.8 Å². The molecule has 20 heavy (non-hydrogen) atoms. The van der Waals surface area contributed by atoms with Crippen molar-refractivity contribution in [2.45, 2.75) is 26.7 Å². The van der Waals surface area contributed by atoms with Crippen LogP contribution < -0.4 is 5.32 Å².